The molecule has 0 spiro atoms. The highest BCUT2D eigenvalue weighted by molar-refractivity contribution is 5.89. The Morgan fingerprint density at radius 2 is 1.94 bits per heavy atom. The predicted molar refractivity (Wildman–Crippen MR) is 67.7 cm³/mol. The molecule has 0 fully saturated rings. The lowest BCUT2D eigenvalue weighted by atomic mass is 9.85. The van der Waals surface area contributed by atoms with E-state index in [1.165, 1.54) is 7.11 Å². The van der Waals surface area contributed by atoms with E-state index in [0.717, 1.165) is 11.3 Å². The molecule has 0 aromatic heterocycles. The summed E-state index contributed by atoms with van der Waals surface area (Å²) in [6, 6.07) is 5.40. The molecule has 3 nitrogen and oxygen atoms in total. The van der Waals surface area contributed by atoms with Crippen LogP contribution in [0.25, 0.3) is 0 Å². The summed E-state index contributed by atoms with van der Waals surface area (Å²) in [5, 5.41) is 0. The molecule has 0 aliphatic rings. The molecule has 0 saturated carbocycles. The van der Waals surface area contributed by atoms with Gasteiger partial charge < -0.3 is 9.47 Å². The molecule has 0 radical (unpaired) electrons. The molecule has 0 amide bonds. The predicted octanol–water partition coefficient (Wildman–Crippen LogP) is 3.17. The Morgan fingerprint density at radius 1 is 1.29 bits per heavy atom. The molecule has 0 aliphatic heterocycles. The molecular weight excluding hydrogens is 216 g/mol. The third-order valence-electron chi connectivity index (χ3n) is 2.51. The zero-order valence-corrected chi connectivity index (χ0v) is 11.2. The summed E-state index contributed by atoms with van der Waals surface area (Å²) in [6.07, 6.45) is 0. The summed E-state index contributed by atoms with van der Waals surface area (Å²) < 4.78 is 10.3. The first-order valence-corrected chi connectivity index (χ1v) is 5.75. The van der Waals surface area contributed by atoms with Gasteiger partial charge in [0.05, 0.1) is 19.3 Å². The normalized spacial score (nSPS) is 11.1. The van der Waals surface area contributed by atoms with Gasteiger partial charge in [0, 0.05) is 5.56 Å². The minimum Gasteiger partial charge on any atom is -0.494 e. The molecule has 0 saturated heterocycles. The van der Waals surface area contributed by atoms with Crippen LogP contribution in [0.5, 0.6) is 5.75 Å². The number of ether oxygens (including phenoxy) is 2. The Kier molecular flexibility index (Phi) is 4.16. The van der Waals surface area contributed by atoms with E-state index in [-0.39, 0.29) is 11.4 Å². The quantitative estimate of drug-likeness (QED) is 0.756. The second kappa shape index (κ2) is 5.21. The molecule has 0 unspecified atom stereocenters. The summed E-state index contributed by atoms with van der Waals surface area (Å²) in [5.74, 6) is 0.506. The van der Waals surface area contributed by atoms with Gasteiger partial charge in [-0.05, 0) is 30.5 Å². The average molecular weight is 236 g/mol. The number of carbonyl (C=O) groups excluding carboxylic acids is 1. The number of rotatable bonds is 3. The smallest absolute Gasteiger partial charge is 0.337 e. The highest BCUT2D eigenvalue weighted by Crippen LogP contribution is 2.32. The molecule has 0 atom stereocenters. The molecule has 1 aromatic rings. The highest BCUT2D eigenvalue weighted by atomic mass is 16.5. The topological polar surface area (TPSA) is 35.5 Å². The van der Waals surface area contributed by atoms with E-state index in [1.807, 2.05) is 19.1 Å². The summed E-state index contributed by atoms with van der Waals surface area (Å²) >= 11 is 0. The van der Waals surface area contributed by atoms with Crippen molar-refractivity contribution in [1.82, 2.24) is 0 Å². The van der Waals surface area contributed by atoms with Crippen molar-refractivity contribution in [2.24, 2.45) is 0 Å². The first-order valence-electron chi connectivity index (χ1n) is 5.75. The number of hydrogen-bond acceptors (Lipinski definition) is 3. The fraction of sp³-hybridized carbons (Fsp3) is 0.500. The van der Waals surface area contributed by atoms with Gasteiger partial charge in [-0.1, -0.05) is 20.8 Å². The van der Waals surface area contributed by atoms with E-state index < -0.39 is 0 Å². The van der Waals surface area contributed by atoms with Gasteiger partial charge in [0.25, 0.3) is 0 Å². The van der Waals surface area contributed by atoms with Crippen LogP contribution in [0.1, 0.15) is 43.6 Å². The number of hydrogen-bond donors (Lipinski definition) is 0. The maximum Gasteiger partial charge on any atom is 0.337 e. The molecule has 17 heavy (non-hydrogen) atoms. The van der Waals surface area contributed by atoms with Crippen molar-refractivity contribution in [3.63, 3.8) is 0 Å². The third-order valence-corrected chi connectivity index (χ3v) is 2.51. The van der Waals surface area contributed by atoms with Crippen molar-refractivity contribution < 1.29 is 14.3 Å². The molecule has 1 rings (SSSR count). The lowest BCUT2D eigenvalue weighted by molar-refractivity contribution is 0.0600. The lowest BCUT2D eigenvalue weighted by Crippen LogP contribution is -2.15. The van der Waals surface area contributed by atoms with Gasteiger partial charge in [0.2, 0.25) is 0 Å². The average Bonchev–Trinajstić information content (AvgIpc) is 2.27. The van der Waals surface area contributed by atoms with Crippen LogP contribution in [-0.2, 0) is 10.2 Å². The fourth-order valence-corrected chi connectivity index (χ4v) is 1.64. The van der Waals surface area contributed by atoms with Crippen molar-refractivity contribution in [1.29, 1.82) is 0 Å². The van der Waals surface area contributed by atoms with Gasteiger partial charge in [-0.25, -0.2) is 4.79 Å². The Bertz CT molecular complexity index is 402. The van der Waals surface area contributed by atoms with Crippen molar-refractivity contribution in [3.05, 3.63) is 29.3 Å². The minimum absolute atomic E-state index is 0.0749. The van der Waals surface area contributed by atoms with Crippen molar-refractivity contribution in [2.75, 3.05) is 13.7 Å². The summed E-state index contributed by atoms with van der Waals surface area (Å²) in [5.41, 5.74) is 1.50. The van der Waals surface area contributed by atoms with Crippen LogP contribution in [0, 0.1) is 0 Å². The Balaban J connectivity index is 3.24. The molecule has 0 aliphatic carbocycles. The van der Waals surface area contributed by atoms with Crippen LogP contribution < -0.4 is 4.74 Å². The van der Waals surface area contributed by atoms with E-state index in [1.54, 1.807) is 6.07 Å². The number of methoxy groups -OCH3 is 1. The van der Waals surface area contributed by atoms with Gasteiger partial charge in [0.1, 0.15) is 5.75 Å². The monoisotopic (exact) mass is 236 g/mol. The lowest BCUT2D eigenvalue weighted by Gasteiger charge is -2.23. The molecule has 0 N–H and O–H groups in total. The van der Waals surface area contributed by atoms with Crippen molar-refractivity contribution in [3.8, 4) is 5.75 Å². The second-order valence-electron chi connectivity index (χ2n) is 4.89. The van der Waals surface area contributed by atoms with Crippen molar-refractivity contribution >= 4 is 5.97 Å². The van der Waals surface area contributed by atoms with Gasteiger partial charge in [-0.15, -0.1) is 0 Å². The minimum atomic E-state index is -0.321. The molecular formula is C14H20O3. The van der Waals surface area contributed by atoms with E-state index in [2.05, 4.69) is 20.8 Å². The molecule has 3 heteroatoms. The van der Waals surface area contributed by atoms with Gasteiger partial charge in [0.15, 0.2) is 0 Å². The maximum absolute atomic E-state index is 11.5. The van der Waals surface area contributed by atoms with Crippen molar-refractivity contribution in [2.45, 2.75) is 33.1 Å². The number of carbonyl (C=O) groups is 1. The number of benzene rings is 1. The summed E-state index contributed by atoms with van der Waals surface area (Å²) in [6.45, 7) is 8.82. The largest absolute Gasteiger partial charge is 0.494 e. The van der Waals surface area contributed by atoms with Crippen LogP contribution in [0.2, 0.25) is 0 Å². The van der Waals surface area contributed by atoms with Gasteiger partial charge in [-0.3, -0.25) is 0 Å². The van der Waals surface area contributed by atoms with Gasteiger partial charge >= 0.3 is 5.97 Å². The standard InChI is InChI=1S/C14H20O3/c1-6-17-12-8-7-10(13(15)16-5)9-11(12)14(2,3)4/h7-9H,6H2,1-5H3. The van der Waals surface area contributed by atoms with Gasteiger partial charge in [-0.2, -0.15) is 0 Å². The first kappa shape index (κ1) is 13.6. The van der Waals surface area contributed by atoms with E-state index >= 15 is 0 Å². The molecule has 94 valence electrons. The first-order chi connectivity index (χ1) is 7.90. The van der Waals surface area contributed by atoms with Crippen LogP contribution in [0.4, 0.5) is 0 Å². The fourth-order valence-electron chi connectivity index (χ4n) is 1.64. The Labute approximate surface area is 103 Å². The van der Waals surface area contributed by atoms with E-state index in [9.17, 15) is 4.79 Å². The molecule has 1 aromatic carbocycles. The zero-order chi connectivity index (χ0) is 13.1. The second-order valence-corrected chi connectivity index (χ2v) is 4.89. The van der Waals surface area contributed by atoms with Crippen LogP contribution in [0.3, 0.4) is 0 Å². The van der Waals surface area contributed by atoms with E-state index in [0.29, 0.717) is 12.2 Å². The zero-order valence-electron chi connectivity index (χ0n) is 11.2. The Hall–Kier alpha value is -1.51. The SMILES string of the molecule is CCOc1ccc(C(=O)OC)cc1C(C)(C)C. The highest BCUT2D eigenvalue weighted by Gasteiger charge is 2.21. The third kappa shape index (κ3) is 3.22. The van der Waals surface area contributed by atoms with E-state index in [4.69, 9.17) is 9.47 Å². The maximum atomic E-state index is 11.5. The van der Waals surface area contributed by atoms with Crippen LogP contribution >= 0.6 is 0 Å². The van der Waals surface area contributed by atoms with Crippen LogP contribution in [0.15, 0.2) is 18.2 Å². The Morgan fingerprint density at radius 3 is 2.41 bits per heavy atom. The van der Waals surface area contributed by atoms with Crippen LogP contribution in [-0.4, -0.2) is 19.7 Å². The number of esters is 1. The summed E-state index contributed by atoms with van der Waals surface area (Å²) in [4.78, 5) is 11.5. The molecule has 0 heterocycles. The molecule has 0 bridgehead atoms. The summed E-state index contributed by atoms with van der Waals surface area (Å²) in [7, 11) is 1.38.